The molecule has 1 aromatic carbocycles. The first-order valence-corrected chi connectivity index (χ1v) is 8.78. The number of nitrogens with one attached hydrogen (secondary N) is 2. The topological polar surface area (TPSA) is 93.7 Å². The predicted molar refractivity (Wildman–Crippen MR) is 87.2 cm³/mol. The number of benzene rings is 1. The van der Waals surface area contributed by atoms with Gasteiger partial charge in [-0.25, -0.2) is 8.42 Å². The molecule has 130 valence electrons. The quantitative estimate of drug-likeness (QED) is 0.741. The van der Waals surface area contributed by atoms with Gasteiger partial charge < -0.3 is 14.8 Å². The van der Waals surface area contributed by atoms with Crippen LogP contribution in [-0.4, -0.2) is 40.6 Å². The maximum Gasteiger partial charge on any atom is 0.241 e. The lowest BCUT2D eigenvalue weighted by Crippen LogP contribution is -2.47. The number of methoxy groups -OCH3 is 2. The summed E-state index contributed by atoms with van der Waals surface area (Å²) in [4.78, 5) is 12.0. The van der Waals surface area contributed by atoms with Gasteiger partial charge in [-0.1, -0.05) is 6.92 Å². The number of carbonyl (C=O) groups is 1. The number of rotatable bonds is 8. The number of hydrogen-bond acceptors (Lipinski definition) is 5. The average molecular weight is 344 g/mol. The fourth-order valence-corrected chi connectivity index (χ4v) is 3.03. The standard InChI is InChI=1S/C15H24N2O5S/c1-6-10(2)16-15(18)11(3)17-23(19,20)12-7-8-13(21-4)14(9-12)22-5/h7-11,17H,6H2,1-5H3,(H,16,18)/t10-,11+/m1/s1. The van der Waals surface area contributed by atoms with Crippen LogP contribution in [-0.2, 0) is 14.8 Å². The first kappa shape index (κ1) is 19.2. The summed E-state index contributed by atoms with van der Waals surface area (Å²) in [6, 6.07) is 3.33. The molecular formula is C15H24N2O5S. The highest BCUT2D eigenvalue weighted by Crippen LogP contribution is 2.29. The van der Waals surface area contributed by atoms with Gasteiger partial charge in [-0.3, -0.25) is 4.79 Å². The van der Waals surface area contributed by atoms with Gasteiger partial charge in [0.2, 0.25) is 15.9 Å². The van der Waals surface area contributed by atoms with E-state index in [9.17, 15) is 13.2 Å². The molecule has 0 heterocycles. The van der Waals surface area contributed by atoms with Gasteiger partial charge in [-0.05, 0) is 32.4 Å². The Bertz CT molecular complexity index is 645. The van der Waals surface area contributed by atoms with E-state index in [-0.39, 0.29) is 16.8 Å². The molecule has 2 N–H and O–H groups in total. The van der Waals surface area contributed by atoms with Crippen molar-refractivity contribution in [2.75, 3.05) is 14.2 Å². The Morgan fingerprint density at radius 3 is 2.30 bits per heavy atom. The van der Waals surface area contributed by atoms with Crippen molar-refractivity contribution in [2.24, 2.45) is 0 Å². The minimum absolute atomic E-state index is 0.00154. The Morgan fingerprint density at radius 2 is 1.78 bits per heavy atom. The van der Waals surface area contributed by atoms with Crippen LogP contribution in [0.3, 0.4) is 0 Å². The second kappa shape index (κ2) is 8.16. The van der Waals surface area contributed by atoms with E-state index in [0.29, 0.717) is 11.5 Å². The molecule has 7 nitrogen and oxygen atoms in total. The van der Waals surface area contributed by atoms with E-state index in [2.05, 4.69) is 10.0 Å². The van der Waals surface area contributed by atoms with Crippen LogP contribution in [0.2, 0.25) is 0 Å². The summed E-state index contributed by atoms with van der Waals surface area (Å²) in [5.41, 5.74) is 0. The second-order valence-corrected chi connectivity index (χ2v) is 6.89. The smallest absolute Gasteiger partial charge is 0.241 e. The van der Waals surface area contributed by atoms with Gasteiger partial charge >= 0.3 is 0 Å². The molecule has 0 saturated heterocycles. The minimum atomic E-state index is -3.85. The average Bonchev–Trinajstić information content (AvgIpc) is 2.53. The van der Waals surface area contributed by atoms with Crippen molar-refractivity contribution in [2.45, 2.75) is 44.2 Å². The number of ether oxygens (including phenoxy) is 2. The van der Waals surface area contributed by atoms with Gasteiger partial charge in [0.1, 0.15) is 0 Å². The summed E-state index contributed by atoms with van der Waals surface area (Å²) >= 11 is 0. The summed E-state index contributed by atoms with van der Waals surface area (Å²) in [6.07, 6.45) is 0.765. The van der Waals surface area contributed by atoms with E-state index < -0.39 is 16.1 Å². The SMILES string of the molecule is CC[C@@H](C)NC(=O)[C@H](C)NS(=O)(=O)c1ccc(OC)c(OC)c1. The molecule has 1 rings (SSSR count). The van der Waals surface area contributed by atoms with Crippen molar-refractivity contribution in [3.63, 3.8) is 0 Å². The van der Waals surface area contributed by atoms with Crippen LogP contribution in [0.1, 0.15) is 27.2 Å². The summed E-state index contributed by atoms with van der Waals surface area (Å²) in [5.74, 6) is 0.351. The zero-order valence-electron chi connectivity index (χ0n) is 14.0. The van der Waals surface area contributed by atoms with Gasteiger partial charge in [0.05, 0.1) is 25.2 Å². The van der Waals surface area contributed by atoms with Crippen LogP contribution in [0, 0.1) is 0 Å². The highest BCUT2D eigenvalue weighted by atomic mass is 32.2. The molecule has 0 aliphatic rings. The minimum Gasteiger partial charge on any atom is -0.493 e. The van der Waals surface area contributed by atoms with Crippen LogP contribution in [0.5, 0.6) is 11.5 Å². The molecule has 8 heteroatoms. The monoisotopic (exact) mass is 344 g/mol. The molecule has 0 fully saturated rings. The van der Waals surface area contributed by atoms with Crippen molar-refractivity contribution >= 4 is 15.9 Å². The Morgan fingerprint density at radius 1 is 1.17 bits per heavy atom. The molecule has 0 saturated carbocycles. The number of hydrogen-bond donors (Lipinski definition) is 2. The van der Waals surface area contributed by atoms with Crippen molar-refractivity contribution in [3.8, 4) is 11.5 Å². The van der Waals surface area contributed by atoms with Crippen LogP contribution in [0.4, 0.5) is 0 Å². The Kier molecular flexibility index (Phi) is 6.83. The molecule has 1 amide bonds. The normalized spacial score (nSPS) is 14.0. The van der Waals surface area contributed by atoms with E-state index in [0.717, 1.165) is 6.42 Å². The van der Waals surface area contributed by atoms with Gasteiger partial charge in [-0.2, -0.15) is 4.72 Å². The third-order valence-electron chi connectivity index (χ3n) is 3.39. The van der Waals surface area contributed by atoms with E-state index in [1.54, 1.807) is 0 Å². The molecule has 0 radical (unpaired) electrons. The summed E-state index contributed by atoms with van der Waals surface area (Å²) in [7, 11) is -0.967. The zero-order valence-corrected chi connectivity index (χ0v) is 14.9. The van der Waals surface area contributed by atoms with Crippen LogP contribution >= 0.6 is 0 Å². The van der Waals surface area contributed by atoms with Crippen LogP contribution in [0.15, 0.2) is 23.1 Å². The fraction of sp³-hybridized carbons (Fsp3) is 0.533. The molecule has 23 heavy (non-hydrogen) atoms. The van der Waals surface area contributed by atoms with E-state index in [1.807, 2.05) is 13.8 Å². The Labute approximate surface area is 137 Å². The van der Waals surface area contributed by atoms with Gasteiger partial charge in [0.25, 0.3) is 0 Å². The number of amides is 1. The first-order chi connectivity index (χ1) is 10.7. The highest BCUT2D eigenvalue weighted by molar-refractivity contribution is 7.89. The molecule has 0 spiro atoms. The lowest BCUT2D eigenvalue weighted by Gasteiger charge is -2.18. The van der Waals surface area contributed by atoms with Crippen LogP contribution < -0.4 is 19.5 Å². The molecule has 0 aromatic heterocycles. The van der Waals surface area contributed by atoms with Crippen molar-refractivity contribution in [3.05, 3.63) is 18.2 Å². The highest BCUT2D eigenvalue weighted by Gasteiger charge is 2.23. The summed E-state index contributed by atoms with van der Waals surface area (Å²) in [6.45, 7) is 5.28. The largest absolute Gasteiger partial charge is 0.493 e. The molecule has 0 aliphatic carbocycles. The maximum atomic E-state index is 12.4. The lowest BCUT2D eigenvalue weighted by atomic mass is 10.2. The van der Waals surface area contributed by atoms with Crippen LogP contribution in [0.25, 0.3) is 0 Å². The van der Waals surface area contributed by atoms with Gasteiger partial charge in [0.15, 0.2) is 11.5 Å². The number of sulfonamides is 1. The first-order valence-electron chi connectivity index (χ1n) is 7.29. The van der Waals surface area contributed by atoms with E-state index in [4.69, 9.17) is 9.47 Å². The van der Waals surface area contributed by atoms with Gasteiger partial charge in [0, 0.05) is 12.1 Å². The molecule has 0 bridgehead atoms. The van der Waals surface area contributed by atoms with Crippen molar-refractivity contribution in [1.29, 1.82) is 0 Å². The van der Waals surface area contributed by atoms with E-state index in [1.165, 1.54) is 39.3 Å². The van der Waals surface area contributed by atoms with Gasteiger partial charge in [-0.15, -0.1) is 0 Å². The molecule has 0 aliphatic heterocycles. The zero-order chi connectivity index (χ0) is 17.6. The third kappa shape index (κ3) is 5.11. The molecule has 1 aromatic rings. The predicted octanol–water partition coefficient (Wildman–Crippen LogP) is 1.29. The second-order valence-electron chi connectivity index (χ2n) is 5.18. The number of carbonyl (C=O) groups excluding carboxylic acids is 1. The summed E-state index contributed by atoms with van der Waals surface area (Å²) in [5, 5.41) is 2.73. The maximum absolute atomic E-state index is 12.4. The molecule has 2 atom stereocenters. The Balaban J connectivity index is 2.93. The van der Waals surface area contributed by atoms with Crippen molar-refractivity contribution < 1.29 is 22.7 Å². The lowest BCUT2D eigenvalue weighted by molar-refractivity contribution is -0.122. The molecular weight excluding hydrogens is 320 g/mol. The summed E-state index contributed by atoms with van der Waals surface area (Å²) < 4.78 is 37.3. The van der Waals surface area contributed by atoms with E-state index >= 15 is 0 Å². The fourth-order valence-electron chi connectivity index (χ4n) is 1.81. The third-order valence-corrected chi connectivity index (χ3v) is 4.93. The Hall–Kier alpha value is -1.80. The van der Waals surface area contributed by atoms with Crippen molar-refractivity contribution in [1.82, 2.24) is 10.0 Å². The molecule has 0 unspecified atom stereocenters.